The first-order valence-corrected chi connectivity index (χ1v) is 9.32. The molecule has 1 heterocycles. The number of nitrogens with one attached hydrogen (secondary N) is 1. The monoisotopic (exact) mass is 407 g/mol. The summed E-state index contributed by atoms with van der Waals surface area (Å²) in [6.07, 6.45) is 3.55. The second kappa shape index (κ2) is 7.89. The summed E-state index contributed by atoms with van der Waals surface area (Å²) in [5.74, 6) is -0.362. The van der Waals surface area contributed by atoms with Gasteiger partial charge in [0.15, 0.2) is 0 Å². The molecule has 3 aromatic carbocycles. The van der Waals surface area contributed by atoms with Crippen LogP contribution in [0.5, 0.6) is 0 Å². The van der Waals surface area contributed by atoms with Gasteiger partial charge in [0.2, 0.25) is 0 Å². The maximum absolute atomic E-state index is 12.2. The number of benzene rings is 3. The first-order valence-electron chi connectivity index (χ1n) is 8.57. The summed E-state index contributed by atoms with van der Waals surface area (Å²) in [5.41, 5.74) is 4.75. The second-order valence-corrected chi connectivity index (χ2v) is 6.98. The maximum Gasteiger partial charge on any atom is 0.271 e. The van der Waals surface area contributed by atoms with Crippen LogP contribution >= 0.6 is 23.2 Å². The van der Waals surface area contributed by atoms with Crippen molar-refractivity contribution in [2.24, 2.45) is 5.10 Å². The van der Waals surface area contributed by atoms with Crippen molar-refractivity contribution in [3.63, 3.8) is 0 Å². The highest BCUT2D eigenvalue weighted by Crippen LogP contribution is 2.22. The SMILES string of the molecule is O=C(N/N=C/c1cccn1-c1ccc2ccccc2c1)c1ccc(Cl)c(Cl)c1. The maximum atomic E-state index is 12.2. The number of amides is 1. The molecule has 0 radical (unpaired) electrons. The predicted molar refractivity (Wildman–Crippen MR) is 115 cm³/mol. The van der Waals surface area contributed by atoms with Gasteiger partial charge in [-0.25, -0.2) is 5.43 Å². The van der Waals surface area contributed by atoms with Crippen molar-refractivity contribution in [2.45, 2.75) is 0 Å². The molecule has 4 aromatic rings. The molecule has 138 valence electrons. The zero-order valence-corrected chi connectivity index (χ0v) is 16.2. The number of hydrazone groups is 1. The van der Waals surface area contributed by atoms with Crippen molar-refractivity contribution in [2.75, 3.05) is 0 Å². The van der Waals surface area contributed by atoms with Crippen LogP contribution in [0.2, 0.25) is 10.0 Å². The quantitative estimate of drug-likeness (QED) is 0.342. The number of aromatic nitrogens is 1. The van der Waals surface area contributed by atoms with Gasteiger partial charge in [-0.3, -0.25) is 4.79 Å². The molecule has 0 fully saturated rings. The van der Waals surface area contributed by atoms with Crippen LogP contribution in [0.15, 0.2) is 84.1 Å². The number of carbonyl (C=O) groups is 1. The van der Waals surface area contributed by atoms with E-state index in [1.807, 2.05) is 41.1 Å². The minimum Gasteiger partial charge on any atom is -0.316 e. The lowest BCUT2D eigenvalue weighted by atomic mass is 10.1. The Bertz CT molecular complexity index is 1200. The average Bonchev–Trinajstić information content (AvgIpc) is 3.18. The highest BCUT2D eigenvalue weighted by atomic mass is 35.5. The third kappa shape index (κ3) is 3.79. The zero-order chi connectivity index (χ0) is 19.5. The fourth-order valence-corrected chi connectivity index (χ4v) is 3.22. The number of hydrogen-bond donors (Lipinski definition) is 1. The summed E-state index contributed by atoms with van der Waals surface area (Å²) < 4.78 is 2.00. The number of nitrogens with zero attached hydrogens (tertiary/aromatic N) is 2. The highest BCUT2D eigenvalue weighted by Gasteiger charge is 2.07. The van der Waals surface area contributed by atoms with Gasteiger partial charge < -0.3 is 4.57 Å². The van der Waals surface area contributed by atoms with Gasteiger partial charge in [-0.2, -0.15) is 5.10 Å². The normalized spacial score (nSPS) is 11.2. The molecule has 4 rings (SSSR count). The van der Waals surface area contributed by atoms with Crippen LogP contribution in [0.1, 0.15) is 16.1 Å². The Morgan fingerprint density at radius 3 is 2.54 bits per heavy atom. The molecule has 1 N–H and O–H groups in total. The molecule has 1 aromatic heterocycles. The average molecular weight is 408 g/mol. The van der Waals surface area contributed by atoms with Gasteiger partial charge in [0.1, 0.15) is 0 Å². The van der Waals surface area contributed by atoms with Gasteiger partial charge in [-0.05, 0) is 53.2 Å². The van der Waals surface area contributed by atoms with E-state index in [9.17, 15) is 4.79 Å². The van der Waals surface area contributed by atoms with Crippen molar-refractivity contribution in [1.29, 1.82) is 0 Å². The molecule has 6 heteroatoms. The zero-order valence-electron chi connectivity index (χ0n) is 14.6. The lowest BCUT2D eigenvalue weighted by Gasteiger charge is -2.08. The van der Waals surface area contributed by atoms with Crippen LogP contribution in [-0.2, 0) is 0 Å². The van der Waals surface area contributed by atoms with Gasteiger partial charge in [0, 0.05) is 17.4 Å². The van der Waals surface area contributed by atoms with Crippen molar-refractivity contribution < 1.29 is 4.79 Å². The van der Waals surface area contributed by atoms with Crippen LogP contribution in [0.3, 0.4) is 0 Å². The molecule has 0 atom stereocenters. The fraction of sp³-hybridized carbons (Fsp3) is 0. The van der Waals surface area contributed by atoms with Crippen LogP contribution in [0.4, 0.5) is 0 Å². The van der Waals surface area contributed by atoms with E-state index < -0.39 is 0 Å². The van der Waals surface area contributed by atoms with E-state index in [0.717, 1.165) is 16.8 Å². The van der Waals surface area contributed by atoms with Crippen molar-refractivity contribution in [3.8, 4) is 5.69 Å². The fourth-order valence-electron chi connectivity index (χ4n) is 2.92. The standard InChI is InChI=1S/C22H15Cl2N3O/c23-20-10-8-17(13-21(20)24)22(28)26-25-14-19-6-3-11-27(19)18-9-7-15-4-1-2-5-16(15)12-18/h1-14H,(H,26,28)/b25-14+. The number of fused-ring (bicyclic) bond motifs is 1. The largest absolute Gasteiger partial charge is 0.316 e. The van der Waals surface area contributed by atoms with Gasteiger partial charge in [0.25, 0.3) is 5.91 Å². The Morgan fingerprint density at radius 2 is 1.71 bits per heavy atom. The van der Waals surface area contributed by atoms with Crippen LogP contribution in [-0.4, -0.2) is 16.7 Å². The van der Waals surface area contributed by atoms with E-state index >= 15 is 0 Å². The van der Waals surface area contributed by atoms with Crippen molar-refractivity contribution in [1.82, 2.24) is 9.99 Å². The molecule has 0 saturated heterocycles. The first kappa shape index (κ1) is 18.3. The van der Waals surface area contributed by atoms with E-state index in [-0.39, 0.29) is 5.91 Å². The summed E-state index contributed by atoms with van der Waals surface area (Å²) in [4.78, 5) is 12.2. The van der Waals surface area contributed by atoms with E-state index in [0.29, 0.717) is 15.6 Å². The highest BCUT2D eigenvalue weighted by molar-refractivity contribution is 6.42. The van der Waals surface area contributed by atoms with Crippen LogP contribution < -0.4 is 5.43 Å². The van der Waals surface area contributed by atoms with Crippen molar-refractivity contribution >= 4 is 46.1 Å². The van der Waals surface area contributed by atoms with Gasteiger partial charge in [-0.1, -0.05) is 53.5 Å². The Kier molecular flexibility index (Phi) is 5.15. The molecule has 0 aliphatic carbocycles. The third-order valence-electron chi connectivity index (χ3n) is 4.34. The summed E-state index contributed by atoms with van der Waals surface area (Å²) in [7, 11) is 0. The summed E-state index contributed by atoms with van der Waals surface area (Å²) in [6.45, 7) is 0. The van der Waals surface area contributed by atoms with Gasteiger partial charge >= 0.3 is 0 Å². The molecular formula is C22H15Cl2N3O. The topological polar surface area (TPSA) is 46.4 Å². The van der Waals surface area contributed by atoms with Gasteiger partial charge in [-0.15, -0.1) is 0 Å². The molecule has 0 unspecified atom stereocenters. The second-order valence-electron chi connectivity index (χ2n) is 6.16. The Labute approximate surface area is 172 Å². The minimum absolute atomic E-state index is 0.323. The smallest absolute Gasteiger partial charge is 0.271 e. The molecule has 0 saturated carbocycles. The Balaban J connectivity index is 1.53. The number of carbonyl (C=O) groups excluding carboxylic acids is 1. The Morgan fingerprint density at radius 1 is 0.893 bits per heavy atom. The number of halogens is 2. The molecule has 0 bridgehead atoms. The van der Waals surface area contributed by atoms with E-state index in [4.69, 9.17) is 23.2 Å². The molecule has 1 amide bonds. The van der Waals surface area contributed by atoms with Crippen LogP contribution in [0.25, 0.3) is 16.5 Å². The van der Waals surface area contributed by atoms with E-state index in [2.05, 4.69) is 34.8 Å². The summed E-state index contributed by atoms with van der Waals surface area (Å²) in [5, 5.41) is 7.13. The third-order valence-corrected chi connectivity index (χ3v) is 5.08. The van der Waals surface area contributed by atoms with Crippen LogP contribution in [0, 0.1) is 0 Å². The molecule has 0 aliphatic rings. The molecule has 0 aliphatic heterocycles. The van der Waals surface area contributed by atoms with Gasteiger partial charge in [0.05, 0.1) is 22.0 Å². The van der Waals surface area contributed by atoms with E-state index in [1.165, 1.54) is 11.5 Å². The number of rotatable bonds is 4. The van der Waals surface area contributed by atoms with E-state index in [1.54, 1.807) is 18.3 Å². The first-order chi connectivity index (χ1) is 13.6. The molecular weight excluding hydrogens is 393 g/mol. The summed E-state index contributed by atoms with van der Waals surface area (Å²) >= 11 is 11.8. The summed E-state index contributed by atoms with van der Waals surface area (Å²) in [6, 6.07) is 23.0. The lowest BCUT2D eigenvalue weighted by Crippen LogP contribution is -2.17. The molecule has 0 spiro atoms. The lowest BCUT2D eigenvalue weighted by molar-refractivity contribution is 0.0955. The number of hydrogen-bond acceptors (Lipinski definition) is 2. The minimum atomic E-state index is -0.362. The Hall–Kier alpha value is -3.08. The predicted octanol–water partition coefficient (Wildman–Crippen LogP) is 5.70. The molecule has 4 nitrogen and oxygen atoms in total. The molecule has 28 heavy (non-hydrogen) atoms. The van der Waals surface area contributed by atoms with Crippen molar-refractivity contribution in [3.05, 3.63) is 100 Å².